The highest BCUT2D eigenvalue weighted by Crippen LogP contribution is 2.36. The number of rotatable bonds is 9. The van der Waals surface area contributed by atoms with Crippen molar-refractivity contribution in [2.75, 3.05) is 0 Å². The van der Waals surface area contributed by atoms with Crippen LogP contribution in [0.15, 0.2) is 48.6 Å². The average Bonchev–Trinajstić information content (AvgIpc) is 3.00. The largest absolute Gasteiger partial charge is 0.481 e. The van der Waals surface area contributed by atoms with E-state index in [4.69, 9.17) is 14.6 Å². The highest BCUT2D eigenvalue weighted by Gasteiger charge is 2.39. The van der Waals surface area contributed by atoms with Crippen molar-refractivity contribution < 1.29 is 34.7 Å². The van der Waals surface area contributed by atoms with Crippen molar-refractivity contribution in [3.8, 4) is 5.75 Å². The number of ether oxygens (including phenoxy) is 2. The summed E-state index contributed by atoms with van der Waals surface area (Å²) in [6.07, 6.45) is 6.20. The number of aliphatic hydroxyl groups is 3. The Balaban J connectivity index is 1.54. The molecule has 2 aliphatic rings. The third kappa shape index (κ3) is 5.92. The fourth-order valence-electron chi connectivity index (χ4n) is 4.02. The first-order valence-corrected chi connectivity index (χ1v) is 10.4. The second-order valence-corrected chi connectivity index (χ2v) is 7.89. The topological polar surface area (TPSA) is 116 Å². The second kappa shape index (κ2) is 10.7. The summed E-state index contributed by atoms with van der Waals surface area (Å²) in [7, 11) is 0. The van der Waals surface area contributed by atoms with Crippen molar-refractivity contribution in [3.63, 3.8) is 0 Å². The van der Waals surface area contributed by atoms with Gasteiger partial charge in [-0.3, -0.25) is 4.79 Å². The van der Waals surface area contributed by atoms with Gasteiger partial charge in [-0.25, -0.2) is 0 Å². The van der Waals surface area contributed by atoms with E-state index in [-0.39, 0.29) is 24.7 Å². The van der Waals surface area contributed by atoms with Crippen LogP contribution in [-0.2, 0) is 16.1 Å². The van der Waals surface area contributed by atoms with E-state index in [0.29, 0.717) is 31.6 Å². The summed E-state index contributed by atoms with van der Waals surface area (Å²) < 4.78 is 11.3. The number of aliphatic carboxylic acids is 1. The van der Waals surface area contributed by atoms with Crippen molar-refractivity contribution in [3.05, 3.63) is 54.1 Å². The van der Waals surface area contributed by atoms with Crippen LogP contribution >= 0.6 is 0 Å². The van der Waals surface area contributed by atoms with E-state index in [1.165, 1.54) is 0 Å². The lowest BCUT2D eigenvalue weighted by atomic mass is 9.89. The molecule has 164 valence electrons. The van der Waals surface area contributed by atoms with Crippen LogP contribution in [-0.4, -0.2) is 51.0 Å². The Labute approximate surface area is 176 Å². The maximum atomic E-state index is 10.5. The lowest BCUT2D eigenvalue weighted by Gasteiger charge is -2.28. The van der Waals surface area contributed by atoms with Crippen LogP contribution < -0.4 is 4.74 Å². The Kier molecular flexibility index (Phi) is 8.04. The van der Waals surface area contributed by atoms with E-state index in [1.807, 2.05) is 36.4 Å². The highest BCUT2D eigenvalue weighted by atomic mass is 16.7. The molecule has 4 N–H and O–H groups in total. The first kappa shape index (κ1) is 22.5. The number of aliphatic hydroxyl groups excluding tert-OH is 3. The molecule has 0 spiro atoms. The zero-order valence-electron chi connectivity index (χ0n) is 16.8. The number of para-hydroxylation sites is 1. The summed E-state index contributed by atoms with van der Waals surface area (Å²) in [5.74, 6) is -0.596. The number of hydrogen-bond donors (Lipinski definition) is 4. The molecule has 3 rings (SSSR count). The van der Waals surface area contributed by atoms with Gasteiger partial charge in [-0.1, -0.05) is 42.5 Å². The highest BCUT2D eigenvalue weighted by molar-refractivity contribution is 5.66. The Morgan fingerprint density at radius 1 is 1.20 bits per heavy atom. The van der Waals surface area contributed by atoms with Crippen LogP contribution in [0, 0.1) is 11.8 Å². The van der Waals surface area contributed by atoms with Gasteiger partial charge in [0.2, 0.25) is 6.29 Å². The first-order chi connectivity index (χ1) is 14.5. The van der Waals surface area contributed by atoms with Gasteiger partial charge in [-0.05, 0) is 31.2 Å². The number of hydrogen-bond acceptors (Lipinski definition) is 6. The van der Waals surface area contributed by atoms with Crippen molar-refractivity contribution in [1.82, 2.24) is 0 Å². The summed E-state index contributed by atoms with van der Waals surface area (Å²) in [6, 6.07) is 7.50. The molecular weight excluding hydrogens is 388 g/mol. The Hall–Kier alpha value is -2.19. The number of benzene rings is 1. The molecule has 1 aromatic rings. The van der Waals surface area contributed by atoms with E-state index < -0.39 is 30.6 Å². The van der Waals surface area contributed by atoms with Gasteiger partial charge in [0.25, 0.3) is 0 Å². The van der Waals surface area contributed by atoms with E-state index in [9.17, 15) is 20.1 Å². The zero-order valence-corrected chi connectivity index (χ0v) is 16.8. The molecule has 0 aromatic heterocycles. The van der Waals surface area contributed by atoms with Gasteiger partial charge in [0.1, 0.15) is 11.9 Å². The lowest BCUT2D eigenvalue weighted by Crippen LogP contribution is -2.36. The molecule has 0 unspecified atom stereocenters. The molecule has 0 saturated heterocycles. The van der Waals surface area contributed by atoms with Crippen LogP contribution in [0.2, 0.25) is 0 Å². The first-order valence-electron chi connectivity index (χ1n) is 10.4. The number of allylic oxidation sites excluding steroid dienone is 2. The van der Waals surface area contributed by atoms with Gasteiger partial charge in [-0.2, -0.15) is 0 Å². The Bertz CT molecular complexity index is 760. The molecule has 1 aliphatic carbocycles. The zero-order chi connectivity index (χ0) is 21.5. The smallest absolute Gasteiger partial charge is 0.303 e. The van der Waals surface area contributed by atoms with E-state index in [2.05, 4.69) is 0 Å². The molecule has 0 amide bonds. The van der Waals surface area contributed by atoms with Crippen LogP contribution in [0.1, 0.15) is 37.7 Å². The molecule has 0 radical (unpaired) electrons. The monoisotopic (exact) mass is 418 g/mol. The predicted molar refractivity (Wildman–Crippen MR) is 110 cm³/mol. The fourth-order valence-corrected chi connectivity index (χ4v) is 4.02. The molecule has 0 bridgehead atoms. The molecule has 1 saturated carbocycles. The molecule has 1 fully saturated rings. The SMILES string of the molecule is O=C(O)CCCC=CC[C@@H]1[C@@H](C=C[C@@H](O)[C@@H]2OCc3ccccc3O2)[C@H](O)C[C@@H]1O. The van der Waals surface area contributed by atoms with E-state index >= 15 is 0 Å². The maximum absolute atomic E-state index is 10.5. The summed E-state index contributed by atoms with van der Waals surface area (Å²) in [4.78, 5) is 10.5. The van der Waals surface area contributed by atoms with Gasteiger partial charge in [0.05, 0.1) is 18.8 Å². The number of unbranched alkanes of at least 4 members (excludes halogenated alkanes) is 1. The summed E-state index contributed by atoms with van der Waals surface area (Å²) in [5.41, 5.74) is 0.925. The lowest BCUT2D eigenvalue weighted by molar-refractivity contribution is -0.152. The molecule has 7 nitrogen and oxygen atoms in total. The molecule has 1 aromatic carbocycles. The maximum Gasteiger partial charge on any atom is 0.303 e. The minimum atomic E-state index is -1.00. The van der Waals surface area contributed by atoms with Gasteiger partial charge >= 0.3 is 5.97 Å². The van der Waals surface area contributed by atoms with Crippen LogP contribution in [0.5, 0.6) is 5.75 Å². The van der Waals surface area contributed by atoms with Crippen molar-refractivity contribution in [2.24, 2.45) is 11.8 Å². The van der Waals surface area contributed by atoms with Crippen molar-refractivity contribution in [1.29, 1.82) is 0 Å². The van der Waals surface area contributed by atoms with Gasteiger partial charge < -0.3 is 29.9 Å². The van der Waals surface area contributed by atoms with Crippen LogP contribution in [0.3, 0.4) is 0 Å². The molecule has 1 heterocycles. The Morgan fingerprint density at radius 2 is 2.00 bits per heavy atom. The molecule has 6 atom stereocenters. The number of carboxylic acid groups (broad SMARTS) is 1. The van der Waals surface area contributed by atoms with Crippen molar-refractivity contribution in [2.45, 2.75) is 63.3 Å². The van der Waals surface area contributed by atoms with E-state index in [0.717, 1.165) is 5.56 Å². The second-order valence-electron chi connectivity index (χ2n) is 7.89. The molecule has 1 aliphatic heterocycles. The molecule has 30 heavy (non-hydrogen) atoms. The fraction of sp³-hybridized carbons (Fsp3) is 0.522. The van der Waals surface area contributed by atoms with E-state index in [1.54, 1.807) is 12.2 Å². The third-order valence-electron chi connectivity index (χ3n) is 5.68. The standard InChI is InChI=1S/C23H30O7/c24-18(23-29-14-15-7-5-6-9-21(15)30-23)12-11-17-16(19(25)13-20(17)26)8-3-1-2-4-10-22(27)28/h1,3,5-7,9,11-12,16-20,23-26H,2,4,8,10,13-14H2,(H,27,28)/t16-,17-,18-,19+,20-,23-/m1/s1. The number of carboxylic acids is 1. The number of fused-ring (bicyclic) bond motifs is 1. The molecule has 7 heteroatoms. The minimum absolute atomic E-state index is 0.133. The molecular formula is C23H30O7. The minimum Gasteiger partial charge on any atom is -0.481 e. The van der Waals surface area contributed by atoms with Crippen molar-refractivity contribution >= 4 is 5.97 Å². The van der Waals surface area contributed by atoms with Crippen LogP contribution in [0.4, 0.5) is 0 Å². The quantitative estimate of drug-likeness (QED) is 0.359. The summed E-state index contributed by atoms with van der Waals surface area (Å²) in [6.45, 7) is 0.353. The van der Waals surface area contributed by atoms with Crippen LogP contribution in [0.25, 0.3) is 0 Å². The predicted octanol–water partition coefficient (Wildman–Crippen LogP) is 2.40. The van der Waals surface area contributed by atoms with Gasteiger partial charge in [0, 0.05) is 24.3 Å². The normalized spacial score (nSPS) is 29.8. The summed E-state index contributed by atoms with van der Waals surface area (Å²) >= 11 is 0. The average molecular weight is 418 g/mol. The Morgan fingerprint density at radius 3 is 2.80 bits per heavy atom. The van der Waals surface area contributed by atoms with Gasteiger partial charge in [0.15, 0.2) is 0 Å². The van der Waals surface area contributed by atoms with Gasteiger partial charge in [-0.15, -0.1) is 0 Å². The number of carbonyl (C=O) groups is 1. The summed E-state index contributed by atoms with van der Waals surface area (Å²) in [5, 5.41) is 39.8. The third-order valence-corrected chi connectivity index (χ3v) is 5.68.